The first-order valence-electron chi connectivity index (χ1n) is 4.68. The minimum Gasteiger partial charge on any atom is -0.398 e. The molecule has 2 N–H and O–H groups in total. The lowest BCUT2D eigenvalue weighted by molar-refractivity contribution is 1.42. The fraction of sp³-hybridized carbons (Fsp3) is 0.154. The third kappa shape index (κ3) is 2.72. The van der Waals surface area contributed by atoms with Gasteiger partial charge < -0.3 is 5.73 Å². The number of hydrogen-bond acceptors (Lipinski definition) is 2. The number of aryl methyl sites for hydroxylation is 1. The predicted molar refractivity (Wildman–Crippen MR) is 64.0 cm³/mol. The Labute approximate surface area is 90.3 Å². The Morgan fingerprint density at radius 1 is 1.53 bits per heavy atom. The molecule has 0 aliphatic rings. The Balaban J connectivity index is 3.14. The molecule has 2 nitrogen and oxygen atoms in total. The van der Waals surface area contributed by atoms with E-state index in [2.05, 4.69) is 12.6 Å². The monoisotopic (exact) mass is 198 g/mol. The van der Waals surface area contributed by atoms with E-state index in [1.165, 1.54) is 0 Å². The van der Waals surface area contributed by atoms with Crippen LogP contribution in [0.25, 0.3) is 6.08 Å². The fourth-order valence-corrected chi connectivity index (χ4v) is 1.17. The van der Waals surface area contributed by atoms with Gasteiger partial charge in [-0.1, -0.05) is 18.7 Å². The van der Waals surface area contributed by atoms with Crippen molar-refractivity contribution in [1.29, 1.82) is 5.26 Å². The van der Waals surface area contributed by atoms with Crippen molar-refractivity contribution in [1.82, 2.24) is 0 Å². The van der Waals surface area contributed by atoms with E-state index in [1.807, 2.05) is 32.0 Å². The number of nitrogens with zero attached hydrogens (tertiary/aromatic N) is 1. The molecule has 0 fully saturated rings. The van der Waals surface area contributed by atoms with E-state index in [0.29, 0.717) is 5.57 Å². The van der Waals surface area contributed by atoms with Crippen molar-refractivity contribution in [3.63, 3.8) is 0 Å². The normalized spacial score (nSPS) is 10.9. The molecule has 0 radical (unpaired) electrons. The van der Waals surface area contributed by atoms with Crippen molar-refractivity contribution in [2.24, 2.45) is 0 Å². The molecule has 76 valence electrons. The van der Waals surface area contributed by atoms with Gasteiger partial charge in [-0.15, -0.1) is 0 Å². The molecule has 0 heterocycles. The summed E-state index contributed by atoms with van der Waals surface area (Å²) in [5, 5.41) is 8.87. The first-order valence-corrected chi connectivity index (χ1v) is 4.68. The number of nitrogens with two attached hydrogens (primary N) is 1. The van der Waals surface area contributed by atoms with Crippen LogP contribution in [0.3, 0.4) is 0 Å². The van der Waals surface area contributed by atoms with E-state index in [1.54, 1.807) is 6.08 Å². The predicted octanol–water partition coefficient (Wildman–Crippen LogP) is 3.06. The summed E-state index contributed by atoms with van der Waals surface area (Å²) in [6.07, 6.45) is 1.79. The zero-order valence-electron chi connectivity index (χ0n) is 9.04. The van der Waals surface area contributed by atoms with Gasteiger partial charge in [-0.3, -0.25) is 0 Å². The van der Waals surface area contributed by atoms with Crippen LogP contribution in [-0.2, 0) is 0 Å². The molecule has 0 amide bonds. The molecule has 0 atom stereocenters. The Bertz CT molecular complexity index is 462. The van der Waals surface area contributed by atoms with Crippen LogP contribution in [0.1, 0.15) is 18.1 Å². The quantitative estimate of drug-likeness (QED) is 0.451. The lowest BCUT2D eigenvalue weighted by Gasteiger charge is -2.02. The van der Waals surface area contributed by atoms with Crippen LogP contribution < -0.4 is 5.73 Å². The largest absolute Gasteiger partial charge is 0.398 e. The average Bonchev–Trinajstić information content (AvgIpc) is 2.19. The zero-order chi connectivity index (χ0) is 11.4. The minimum atomic E-state index is 0.582. The van der Waals surface area contributed by atoms with Gasteiger partial charge in [0.1, 0.15) is 0 Å². The molecule has 0 aliphatic carbocycles. The van der Waals surface area contributed by atoms with Gasteiger partial charge in [-0.2, -0.15) is 5.26 Å². The first kappa shape index (κ1) is 11.1. The van der Waals surface area contributed by atoms with E-state index in [4.69, 9.17) is 11.0 Å². The van der Waals surface area contributed by atoms with Crippen molar-refractivity contribution in [2.45, 2.75) is 13.8 Å². The highest BCUT2D eigenvalue weighted by Gasteiger charge is 1.98. The second-order valence-electron chi connectivity index (χ2n) is 3.57. The van der Waals surface area contributed by atoms with Gasteiger partial charge in [0.15, 0.2) is 0 Å². The maximum absolute atomic E-state index is 8.87. The molecule has 0 unspecified atom stereocenters. The van der Waals surface area contributed by atoms with Crippen LogP contribution in [-0.4, -0.2) is 0 Å². The Hall–Kier alpha value is -2.01. The van der Waals surface area contributed by atoms with E-state index in [-0.39, 0.29) is 0 Å². The van der Waals surface area contributed by atoms with Crippen LogP contribution in [0.2, 0.25) is 0 Å². The third-order valence-electron chi connectivity index (χ3n) is 2.19. The second kappa shape index (κ2) is 4.47. The van der Waals surface area contributed by atoms with Gasteiger partial charge >= 0.3 is 0 Å². The first-order chi connectivity index (χ1) is 7.04. The van der Waals surface area contributed by atoms with E-state index in [9.17, 15) is 0 Å². The topological polar surface area (TPSA) is 49.8 Å². The standard InChI is InChI=1S/C13H14N2/c1-9(2)12(8-14)6-11-5-4-10(3)13(15)7-11/h4-7H,1,15H2,2-3H3/b12-6+. The van der Waals surface area contributed by atoms with Crippen molar-refractivity contribution >= 4 is 11.8 Å². The summed E-state index contributed by atoms with van der Waals surface area (Å²) in [4.78, 5) is 0. The molecule has 0 aromatic heterocycles. The molecular formula is C13H14N2. The van der Waals surface area contributed by atoms with E-state index in [0.717, 1.165) is 22.4 Å². The maximum atomic E-state index is 8.87. The number of allylic oxidation sites excluding steroid dienone is 2. The summed E-state index contributed by atoms with van der Waals surface area (Å²) >= 11 is 0. The summed E-state index contributed by atoms with van der Waals surface area (Å²) in [6, 6.07) is 7.84. The van der Waals surface area contributed by atoms with Gasteiger partial charge in [-0.05, 0) is 42.7 Å². The zero-order valence-corrected chi connectivity index (χ0v) is 9.04. The van der Waals surface area contributed by atoms with Crippen molar-refractivity contribution in [3.8, 4) is 6.07 Å². The summed E-state index contributed by atoms with van der Waals surface area (Å²) in [5.74, 6) is 0. The van der Waals surface area contributed by atoms with Crippen LogP contribution in [0.5, 0.6) is 0 Å². The second-order valence-corrected chi connectivity index (χ2v) is 3.57. The highest BCUT2D eigenvalue weighted by Crippen LogP contribution is 2.17. The number of nitrogen functional groups attached to an aromatic ring is 1. The maximum Gasteiger partial charge on any atom is 0.0994 e. The highest BCUT2D eigenvalue weighted by molar-refractivity contribution is 5.66. The molecular weight excluding hydrogens is 184 g/mol. The van der Waals surface area contributed by atoms with Crippen LogP contribution in [0, 0.1) is 18.3 Å². The van der Waals surface area contributed by atoms with Gasteiger partial charge in [0.05, 0.1) is 11.6 Å². The highest BCUT2D eigenvalue weighted by atomic mass is 14.5. The minimum absolute atomic E-state index is 0.582. The molecule has 0 saturated heterocycles. The van der Waals surface area contributed by atoms with E-state index < -0.39 is 0 Å². The van der Waals surface area contributed by atoms with Gasteiger partial charge in [0.25, 0.3) is 0 Å². The Morgan fingerprint density at radius 2 is 2.20 bits per heavy atom. The van der Waals surface area contributed by atoms with Gasteiger partial charge in [-0.25, -0.2) is 0 Å². The summed E-state index contributed by atoms with van der Waals surface area (Å²) in [6.45, 7) is 7.50. The molecule has 0 saturated carbocycles. The van der Waals surface area contributed by atoms with Crippen molar-refractivity contribution in [3.05, 3.63) is 47.1 Å². The number of hydrogen-bond donors (Lipinski definition) is 1. The Morgan fingerprint density at radius 3 is 2.67 bits per heavy atom. The number of nitriles is 1. The van der Waals surface area contributed by atoms with E-state index >= 15 is 0 Å². The molecule has 2 heteroatoms. The summed E-state index contributed by atoms with van der Waals surface area (Å²) in [5.41, 5.74) is 9.83. The van der Waals surface area contributed by atoms with Crippen LogP contribution >= 0.6 is 0 Å². The summed E-state index contributed by atoms with van der Waals surface area (Å²) < 4.78 is 0. The van der Waals surface area contributed by atoms with Gasteiger partial charge in [0.2, 0.25) is 0 Å². The number of benzene rings is 1. The smallest absolute Gasteiger partial charge is 0.0994 e. The summed E-state index contributed by atoms with van der Waals surface area (Å²) in [7, 11) is 0. The lowest BCUT2D eigenvalue weighted by atomic mass is 10.0. The molecule has 1 aromatic carbocycles. The number of anilines is 1. The SMILES string of the molecule is C=C(C)/C(C#N)=C/c1ccc(C)c(N)c1. The lowest BCUT2D eigenvalue weighted by Crippen LogP contribution is -1.90. The molecule has 1 rings (SSSR count). The molecule has 0 bridgehead atoms. The fourth-order valence-electron chi connectivity index (χ4n) is 1.17. The number of rotatable bonds is 2. The van der Waals surface area contributed by atoms with Crippen LogP contribution in [0.4, 0.5) is 5.69 Å². The Kier molecular flexibility index (Phi) is 3.30. The molecule has 1 aromatic rings. The molecule has 15 heavy (non-hydrogen) atoms. The van der Waals surface area contributed by atoms with Gasteiger partial charge in [0, 0.05) is 5.69 Å². The van der Waals surface area contributed by atoms with Crippen LogP contribution in [0.15, 0.2) is 35.9 Å². The molecule has 0 aliphatic heterocycles. The van der Waals surface area contributed by atoms with Crippen molar-refractivity contribution < 1.29 is 0 Å². The van der Waals surface area contributed by atoms with Crippen molar-refractivity contribution in [2.75, 3.05) is 5.73 Å². The third-order valence-corrected chi connectivity index (χ3v) is 2.19. The average molecular weight is 198 g/mol. The molecule has 0 spiro atoms.